The highest BCUT2D eigenvalue weighted by atomic mass is 16.7. The summed E-state index contributed by atoms with van der Waals surface area (Å²) in [5.41, 5.74) is 0.928. The van der Waals surface area contributed by atoms with Crippen LogP contribution in [0.4, 0.5) is 17.5 Å². The lowest BCUT2D eigenvalue weighted by atomic mass is 10.1. The first-order valence-corrected chi connectivity index (χ1v) is 10.2. The van der Waals surface area contributed by atoms with Gasteiger partial charge >= 0.3 is 0 Å². The SMILES string of the molecule is O=C(Cc1ccc2c(c1)OCO2)N1CCN(c2cc(Nc3ccccn3)ncn2)CC1. The Labute approximate surface area is 179 Å². The number of ether oxygens (including phenoxy) is 2. The van der Waals surface area contributed by atoms with Gasteiger partial charge in [0.2, 0.25) is 12.7 Å². The molecule has 158 valence electrons. The smallest absolute Gasteiger partial charge is 0.231 e. The zero-order valence-corrected chi connectivity index (χ0v) is 16.9. The molecule has 1 N–H and O–H groups in total. The molecule has 0 radical (unpaired) electrons. The van der Waals surface area contributed by atoms with E-state index in [-0.39, 0.29) is 12.7 Å². The van der Waals surface area contributed by atoms with Gasteiger partial charge in [0.05, 0.1) is 6.42 Å². The standard InChI is InChI=1S/C22H22N6O3/c29-22(12-16-4-5-17-18(11-16)31-15-30-17)28-9-7-27(8-10-28)21-13-20(24-14-25-21)26-19-3-1-2-6-23-19/h1-6,11,13-14H,7-10,12,15H2,(H,23,24,25,26). The fourth-order valence-corrected chi connectivity index (χ4v) is 3.68. The average molecular weight is 418 g/mol. The van der Waals surface area contributed by atoms with Gasteiger partial charge in [-0.25, -0.2) is 15.0 Å². The Bertz CT molecular complexity index is 1070. The topological polar surface area (TPSA) is 92.7 Å². The predicted molar refractivity (Wildman–Crippen MR) is 115 cm³/mol. The minimum Gasteiger partial charge on any atom is -0.454 e. The molecule has 4 heterocycles. The van der Waals surface area contributed by atoms with Gasteiger partial charge in [0.1, 0.15) is 23.8 Å². The quantitative estimate of drug-likeness (QED) is 0.674. The Morgan fingerprint density at radius 1 is 0.935 bits per heavy atom. The number of nitrogens with zero attached hydrogens (tertiary/aromatic N) is 5. The number of benzene rings is 1. The Balaban J connectivity index is 1.17. The molecule has 0 aliphatic carbocycles. The number of pyridine rings is 1. The first-order valence-electron chi connectivity index (χ1n) is 10.2. The van der Waals surface area contributed by atoms with Crippen molar-refractivity contribution in [1.82, 2.24) is 19.9 Å². The van der Waals surface area contributed by atoms with Crippen molar-refractivity contribution in [3.63, 3.8) is 0 Å². The van der Waals surface area contributed by atoms with Crippen LogP contribution in [0.3, 0.4) is 0 Å². The number of amides is 1. The van der Waals surface area contributed by atoms with Gasteiger partial charge in [-0.15, -0.1) is 0 Å². The molecule has 9 heteroatoms. The number of anilines is 3. The maximum atomic E-state index is 12.8. The van der Waals surface area contributed by atoms with Gasteiger partial charge in [-0.05, 0) is 29.8 Å². The summed E-state index contributed by atoms with van der Waals surface area (Å²) < 4.78 is 10.7. The van der Waals surface area contributed by atoms with Gasteiger partial charge in [0, 0.05) is 38.4 Å². The van der Waals surface area contributed by atoms with Crippen molar-refractivity contribution in [3.8, 4) is 11.5 Å². The molecule has 0 bridgehead atoms. The van der Waals surface area contributed by atoms with Crippen molar-refractivity contribution < 1.29 is 14.3 Å². The number of piperazine rings is 1. The molecule has 0 unspecified atom stereocenters. The van der Waals surface area contributed by atoms with Crippen LogP contribution < -0.4 is 19.7 Å². The second-order valence-corrected chi connectivity index (χ2v) is 7.33. The van der Waals surface area contributed by atoms with Crippen molar-refractivity contribution in [2.24, 2.45) is 0 Å². The molecule has 0 atom stereocenters. The minimum atomic E-state index is 0.110. The summed E-state index contributed by atoms with van der Waals surface area (Å²) in [6.45, 7) is 2.96. The average Bonchev–Trinajstić information content (AvgIpc) is 3.28. The summed E-state index contributed by atoms with van der Waals surface area (Å²) in [6.07, 6.45) is 3.62. The van der Waals surface area contributed by atoms with Gasteiger partial charge in [0.15, 0.2) is 11.5 Å². The van der Waals surface area contributed by atoms with E-state index >= 15 is 0 Å². The monoisotopic (exact) mass is 418 g/mol. The summed E-state index contributed by atoms with van der Waals surface area (Å²) in [5, 5.41) is 3.18. The Hall–Kier alpha value is -3.88. The third kappa shape index (κ3) is 4.35. The van der Waals surface area contributed by atoms with E-state index in [9.17, 15) is 4.79 Å². The van der Waals surface area contributed by atoms with Gasteiger partial charge in [-0.2, -0.15) is 0 Å². The van der Waals surface area contributed by atoms with E-state index in [1.165, 1.54) is 6.33 Å². The fraction of sp³-hybridized carbons (Fsp3) is 0.273. The number of nitrogens with one attached hydrogen (secondary N) is 1. The highest BCUT2D eigenvalue weighted by Crippen LogP contribution is 2.32. The van der Waals surface area contributed by atoms with E-state index in [1.54, 1.807) is 6.20 Å². The normalized spacial score (nSPS) is 15.1. The highest BCUT2D eigenvalue weighted by molar-refractivity contribution is 5.79. The molecular formula is C22H22N6O3. The summed E-state index contributed by atoms with van der Waals surface area (Å²) in [5.74, 6) is 3.78. The van der Waals surface area contributed by atoms with E-state index in [0.717, 1.165) is 22.9 Å². The number of fused-ring (bicyclic) bond motifs is 1. The lowest BCUT2D eigenvalue weighted by Crippen LogP contribution is -2.49. The third-order valence-corrected chi connectivity index (χ3v) is 5.32. The summed E-state index contributed by atoms with van der Waals surface area (Å²) in [4.78, 5) is 29.7. The molecule has 2 aliphatic heterocycles. The predicted octanol–water partition coefficient (Wildman–Crippen LogP) is 2.24. The summed E-state index contributed by atoms with van der Waals surface area (Å²) in [7, 11) is 0. The van der Waals surface area contributed by atoms with Crippen LogP contribution in [0.5, 0.6) is 11.5 Å². The number of carbonyl (C=O) groups is 1. The number of carbonyl (C=O) groups excluding carboxylic acids is 1. The van der Waals surface area contributed by atoms with Crippen LogP contribution in [0.2, 0.25) is 0 Å². The van der Waals surface area contributed by atoms with Crippen molar-refractivity contribution in [2.45, 2.75) is 6.42 Å². The molecule has 9 nitrogen and oxygen atoms in total. The maximum Gasteiger partial charge on any atom is 0.231 e. The molecule has 2 aliphatic rings. The van der Waals surface area contributed by atoms with Gasteiger partial charge in [0.25, 0.3) is 0 Å². The molecule has 2 aromatic heterocycles. The van der Waals surface area contributed by atoms with Crippen molar-refractivity contribution in [2.75, 3.05) is 43.2 Å². The molecular weight excluding hydrogens is 396 g/mol. The molecule has 1 aromatic carbocycles. The number of hydrogen-bond donors (Lipinski definition) is 1. The third-order valence-electron chi connectivity index (χ3n) is 5.32. The first-order chi connectivity index (χ1) is 15.2. The molecule has 0 saturated carbocycles. The molecule has 1 saturated heterocycles. The second kappa shape index (κ2) is 8.47. The Morgan fingerprint density at radius 3 is 2.65 bits per heavy atom. The second-order valence-electron chi connectivity index (χ2n) is 7.33. The van der Waals surface area contributed by atoms with Crippen LogP contribution in [0.1, 0.15) is 5.56 Å². The van der Waals surface area contributed by atoms with E-state index in [1.807, 2.05) is 47.4 Å². The van der Waals surface area contributed by atoms with Crippen molar-refractivity contribution >= 4 is 23.4 Å². The van der Waals surface area contributed by atoms with E-state index in [4.69, 9.17) is 9.47 Å². The molecule has 3 aromatic rings. The Morgan fingerprint density at radius 2 is 1.81 bits per heavy atom. The fourth-order valence-electron chi connectivity index (χ4n) is 3.68. The van der Waals surface area contributed by atoms with Gasteiger partial charge in [-0.1, -0.05) is 12.1 Å². The van der Waals surface area contributed by atoms with Crippen LogP contribution in [-0.2, 0) is 11.2 Å². The molecule has 5 rings (SSSR count). The molecule has 0 spiro atoms. The molecule has 1 fully saturated rings. The summed E-state index contributed by atoms with van der Waals surface area (Å²) in [6, 6.07) is 13.2. The lowest BCUT2D eigenvalue weighted by Gasteiger charge is -2.35. The molecule has 31 heavy (non-hydrogen) atoms. The first kappa shape index (κ1) is 19.1. The highest BCUT2D eigenvalue weighted by Gasteiger charge is 2.23. The number of aromatic nitrogens is 3. The van der Waals surface area contributed by atoms with Crippen molar-refractivity contribution in [3.05, 3.63) is 60.6 Å². The largest absolute Gasteiger partial charge is 0.454 e. The van der Waals surface area contributed by atoms with Gasteiger partial charge < -0.3 is 24.6 Å². The molecule has 1 amide bonds. The Kier molecular flexibility index (Phi) is 5.22. The number of hydrogen-bond acceptors (Lipinski definition) is 8. The lowest BCUT2D eigenvalue weighted by molar-refractivity contribution is -0.130. The minimum absolute atomic E-state index is 0.110. The van der Waals surface area contributed by atoms with Crippen LogP contribution in [0.25, 0.3) is 0 Å². The van der Waals surface area contributed by atoms with Crippen LogP contribution in [-0.4, -0.2) is 58.7 Å². The van der Waals surface area contributed by atoms with Crippen LogP contribution in [0, 0.1) is 0 Å². The van der Waals surface area contributed by atoms with Crippen LogP contribution in [0.15, 0.2) is 55.0 Å². The zero-order chi connectivity index (χ0) is 21.0. The van der Waals surface area contributed by atoms with Gasteiger partial charge in [-0.3, -0.25) is 4.79 Å². The van der Waals surface area contributed by atoms with E-state index < -0.39 is 0 Å². The summed E-state index contributed by atoms with van der Waals surface area (Å²) >= 11 is 0. The van der Waals surface area contributed by atoms with E-state index in [2.05, 4.69) is 25.2 Å². The zero-order valence-electron chi connectivity index (χ0n) is 16.9. The van der Waals surface area contributed by atoms with Crippen molar-refractivity contribution in [1.29, 1.82) is 0 Å². The van der Waals surface area contributed by atoms with E-state index in [0.29, 0.717) is 44.2 Å². The van der Waals surface area contributed by atoms with Crippen LogP contribution >= 0.6 is 0 Å². The number of rotatable bonds is 5. The maximum absolute atomic E-state index is 12.8.